The van der Waals surface area contributed by atoms with Crippen molar-refractivity contribution in [1.82, 2.24) is 20.4 Å². The molecule has 2 heterocycles. The Morgan fingerprint density at radius 1 is 1.28 bits per heavy atom. The van der Waals surface area contributed by atoms with E-state index in [0.717, 1.165) is 12.1 Å². The minimum absolute atomic E-state index is 0.000612. The van der Waals surface area contributed by atoms with E-state index in [1.165, 1.54) is 36.9 Å². The average Bonchev–Trinajstić information content (AvgIpc) is 3.28. The monoisotopic (exact) mass is 446 g/mol. The Bertz CT molecular complexity index is 1200. The summed E-state index contributed by atoms with van der Waals surface area (Å²) >= 11 is 0. The summed E-state index contributed by atoms with van der Waals surface area (Å²) in [5, 5.41) is 9.96. The van der Waals surface area contributed by atoms with Gasteiger partial charge in [0.05, 0.1) is 23.8 Å². The molecule has 1 atom stereocenters. The summed E-state index contributed by atoms with van der Waals surface area (Å²) in [5.74, 6) is -2.95. The van der Waals surface area contributed by atoms with E-state index >= 15 is 0 Å². The number of hydrogen-bond donors (Lipinski definition) is 2. The molecule has 2 aromatic carbocycles. The first-order valence-electron chi connectivity index (χ1n) is 10.0. The maximum absolute atomic E-state index is 14.2. The number of amides is 2. The van der Waals surface area contributed by atoms with Crippen LogP contribution in [0, 0.1) is 11.6 Å². The van der Waals surface area contributed by atoms with Gasteiger partial charge in [-0.25, -0.2) is 13.2 Å². The van der Waals surface area contributed by atoms with E-state index in [0.29, 0.717) is 29.9 Å². The summed E-state index contributed by atoms with van der Waals surface area (Å²) in [6.07, 6.45) is 1.89. The van der Waals surface area contributed by atoms with E-state index in [9.17, 15) is 22.8 Å². The number of alkyl halides is 1. The molecule has 1 fully saturated rings. The quantitative estimate of drug-likeness (QED) is 0.607. The highest BCUT2D eigenvalue weighted by atomic mass is 19.1. The maximum Gasteiger partial charge on any atom is 0.255 e. The lowest BCUT2D eigenvalue weighted by atomic mass is 10.1. The molecule has 0 bridgehead atoms. The highest BCUT2D eigenvalue weighted by Gasteiger charge is 2.28. The third-order valence-corrected chi connectivity index (χ3v) is 4.98. The molecule has 3 aromatic rings. The van der Waals surface area contributed by atoms with Gasteiger partial charge in [0, 0.05) is 18.0 Å². The molecule has 32 heavy (non-hydrogen) atoms. The zero-order chi connectivity index (χ0) is 23.0. The molecule has 2 N–H and O–H groups in total. The average molecular weight is 446 g/mol. The van der Waals surface area contributed by atoms with Gasteiger partial charge < -0.3 is 15.4 Å². The minimum Gasteiger partial charge on any atom is -0.453 e. The Balaban J connectivity index is 1.76. The topological polar surface area (TPSA) is 85.2 Å². The van der Waals surface area contributed by atoms with Gasteiger partial charge in [0.1, 0.15) is 23.3 Å². The molecule has 0 spiro atoms. The van der Waals surface area contributed by atoms with E-state index in [-0.39, 0.29) is 29.5 Å². The number of aromatic nitrogens is 2. The minimum atomic E-state index is -1.56. The third-order valence-electron chi connectivity index (χ3n) is 4.98. The Morgan fingerprint density at radius 2 is 2.06 bits per heavy atom. The van der Waals surface area contributed by atoms with E-state index in [2.05, 4.69) is 15.7 Å². The van der Waals surface area contributed by atoms with Crippen molar-refractivity contribution in [3.05, 3.63) is 53.7 Å². The molecule has 1 saturated heterocycles. The highest BCUT2D eigenvalue weighted by Crippen LogP contribution is 2.32. The molecule has 4 rings (SSSR count). The smallest absolute Gasteiger partial charge is 0.255 e. The van der Waals surface area contributed by atoms with Gasteiger partial charge in [-0.2, -0.15) is 5.10 Å². The second-order valence-corrected chi connectivity index (χ2v) is 8.21. The van der Waals surface area contributed by atoms with Gasteiger partial charge in [-0.3, -0.25) is 14.3 Å². The molecule has 2 amide bonds. The number of benzene rings is 2. The van der Waals surface area contributed by atoms with Gasteiger partial charge in [0.15, 0.2) is 11.6 Å². The lowest BCUT2D eigenvalue weighted by molar-refractivity contribution is -0.120. The van der Waals surface area contributed by atoms with E-state index in [4.69, 9.17) is 4.74 Å². The van der Waals surface area contributed by atoms with Crippen LogP contribution in [0.15, 0.2) is 36.5 Å². The third kappa shape index (κ3) is 4.53. The van der Waals surface area contributed by atoms with Crippen molar-refractivity contribution < 1.29 is 27.5 Å². The first-order chi connectivity index (χ1) is 15.1. The number of nitrogens with one attached hydrogen (secondary N) is 2. The molecular formula is C22H21F3N4O3. The molecular weight excluding hydrogens is 425 g/mol. The van der Waals surface area contributed by atoms with Crippen molar-refractivity contribution >= 4 is 22.7 Å². The van der Waals surface area contributed by atoms with Crippen molar-refractivity contribution in [1.29, 1.82) is 0 Å². The van der Waals surface area contributed by atoms with Crippen LogP contribution in [0.5, 0.6) is 11.5 Å². The Kier molecular flexibility index (Phi) is 5.53. The normalized spacial score (nSPS) is 16.3. The maximum atomic E-state index is 14.2. The number of fused-ring (bicyclic) bond motifs is 1. The Hall–Kier alpha value is -3.56. The fraction of sp³-hybridized carbons (Fsp3) is 0.318. The molecule has 0 saturated carbocycles. The molecule has 0 aliphatic carbocycles. The summed E-state index contributed by atoms with van der Waals surface area (Å²) in [5.41, 5.74) is -1.10. The van der Waals surface area contributed by atoms with Crippen molar-refractivity contribution in [3.8, 4) is 11.5 Å². The van der Waals surface area contributed by atoms with E-state index in [1.807, 2.05) is 0 Å². The number of carbonyl (C=O) groups excluding carboxylic acids is 2. The van der Waals surface area contributed by atoms with Gasteiger partial charge >= 0.3 is 0 Å². The molecule has 1 aromatic heterocycles. The van der Waals surface area contributed by atoms with Crippen molar-refractivity contribution in [3.63, 3.8) is 0 Å². The number of halogens is 3. The fourth-order valence-electron chi connectivity index (χ4n) is 3.49. The molecule has 1 unspecified atom stereocenters. The number of ether oxygens (including phenoxy) is 1. The van der Waals surface area contributed by atoms with Gasteiger partial charge in [-0.05, 0) is 44.5 Å². The van der Waals surface area contributed by atoms with Crippen LogP contribution in [-0.4, -0.2) is 39.9 Å². The van der Waals surface area contributed by atoms with E-state index in [1.54, 1.807) is 0 Å². The largest absolute Gasteiger partial charge is 0.453 e. The second kappa shape index (κ2) is 8.18. The number of hydrogen-bond acceptors (Lipinski definition) is 4. The van der Waals surface area contributed by atoms with Crippen LogP contribution in [0.25, 0.3) is 10.9 Å². The fourth-order valence-corrected chi connectivity index (χ4v) is 3.49. The van der Waals surface area contributed by atoms with Crippen molar-refractivity contribution in [2.75, 3.05) is 6.54 Å². The van der Waals surface area contributed by atoms with Crippen LogP contribution >= 0.6 is 0 Å². The van der Waals surface area contributed by atoms with Crippen LogP contribution in [0.3, 0.4) is 0 Å². The van der Waals surface area contributed by atoms with Gasteiger partial charge in [0.25, 0.3) is 5.91 Å². The van der Waals surface area contributed by atoms with Crippen LogP contribution in [0.4, 0.5) is 13.2 Å². The summed E-state index contributed by atoms with van der Waals surface area (Å²) in [4.78, 5) is 24.9. The van der Waals surface area contributed by atoms with Gasteiger partial charge in [-0.15, -0.1) is 0 Å². The van der Waals surface area contributed by atoms with Crippen LogP contribution in [-0.2, 0) is 11.3 Å². The van der Waals surface area contributed by atoms with Crippen LogP contribution < -0.4 is 15.4 Å². The summed E-state index contributed by atoms with van der Waals surface area (Å²) in [7, 11) is 0. The Morgan fingerprint density at radius 3 is 2.72 bits per heavy atom. The molecule has 7 nitrogen and oxygen atoms in total. The predicted molar refractivity (Wildman–Crippen MR) is 110 cm³/mol. The lowest BCUT2D eigenvalue weighted by Gasteiger charge is -2.17. The highest BCUT2D eigenvalue weighted by molar-refractivity contribution is 6.03. The summed E-state index contributed by atoms with van der Waals surface area (Å²) in [6.45, 7) is 3.18. The van der Waals surface area contributed by atoms with Gasteiger partial charge in [0.2, 0.25) is 5.91 Å². The molecule has 1 aliphatic rings. The number of carbonyl (C=O) groups is 2. The van der Waals surface area contributed by atoms with E-state index < -0.39 is 29.3 Å². The zero-order valence-electron chi connectivity index (χ0n) is 17.4. The predicted octanol–water partition coefficient (Wildman–Crippen LogP) is 3.47. The lowest BCUT2D eigenvalue weighted by Crippen LogP contribution is -2.40. The molecule has 10 heteroatoms. The summed E-state index contributed by atoms with van der Waals surface area (Å²) < 4.78 is 48.7. The second-order valence-electron chi connectivity index (χ2n) is 8.21. The van der Waals surface area contributed by atoms with Crippen molar-refractivity contribution in [2.45, 2.75) is 38.5 Å². The summed E-state index contributed by atoms with van der Waals surface area (Å²) in [6, 6.07) is 5.00. The standard InChI is InChI=1S/C22H21F3N4O3/c1-22(2,25)11-29-17-9-14(20(30)28-16-5-6-26-21(16)31)19(7-12(17)10-27-29)32-18-4-3-13(23)8-15(18)24/h3-4,7-10,16H,5-6,11H2,1-2H3,(H,26,31)(H,28,30). The molecule has 168 valence electrons. The molecule has 1 aliphatic heterocycles. The van der Waals surface area contributed by atoms with Crippen LogP contribution in [0.1, 0.15) is 30.6 Å². The van der Waals surface area contributed by atoms with Crippen LogP contribution in [0.2, 0.25) is 0 Å². The molecule has 0 radical (unpaired) electrons. The van der Waals surface area contributed by atoms with Crippen molar-refractivity contribution in [2.24, 2.45) is 0 Å². The Labute approximate surface area is 181 Å². The number of nitrogens with zero attached hydrogens (tertiary/aromatic N) is 2. The SMILES string of the molecule is CC(C)(F)Cn1ncc2cc(Oc3ccc(F)cc3F)c(C(=O)NC3CCNC3=O)cc21. The van der Waals surface area contributed by atoms with Gasteiger partial charge in [-0.1, -0.05) is 0 Å². The first kappa shape index (κ1) is 21.7. The first-order valence-corrected chi connectivity index (χ1v) is 10.0. The zero-order valence-corrected chi connectivity index (χ0v) is 17.4. The number of rotatable bonds is 6.